The molecule has 1 unspecified atom stereocenters. The summed E-state index contributed by atoms with van der Waals surface area (Å²) in [4.78, 5) is 15.1. The van der Waals surface area contributed by atoms with E-state index >= 15 is 0 Å². The Morgan fingerprint density at radius 1 is 1.86 bits per heavy atom. The lowest BCUT2D eigenvalue weighted by atomic mass is 10.00. The van der Waals surface area contributed by atoms with Gasteiger partial charge in [0.25, 0.3) is 0 Å². The number of carboxylic acid groups (broad SMARTS) is 1. The van der Waals surface area contributed by atoms with Gasteiger partial charge in [0, 0.05) is 5.38 Å². The van der Waals surface area contributed by atoms with Gasteiger partial charge in [-0.2, -0.15) is 0 Å². The van der Waals surface area contributed by atoms with Crippen molar-refractivity contribution in [1.29, 1.82) is 0 Å². The number of rotatable bonds is 4. The predicted molar refractivity (Wildman–Crippen MR) is 59.8 cm³/mol. The van der Waals surface area contributed by atoms with E-state index in [9.17, 15) is 4.79 Å². The van der Waals surface area contributed by atoms with Crippen LogP contribution in [-0.4, -0.2) is 21.6 Å². The molecular formula is C8H11BrN2O2S. The molecule has 1 heterocycles. The Morgan fingerprint density at radius 3 is 2.86 bits per heavy atom. The first-order chi connectivity index (χ1) is 6.48. The van der Waals surface area contributed by atoms with Crippen LogP contribution in [0.15, 0.2) is 9.98 Å². The van der Waals surface area contributed by atoms with Crippen LogP contribution in [0.1, 0.15) is 20.3 Å². The van der Waals surface area contributed by atoms with Crippen LogP contribution in [0.2, 0.25) is 0 Å². The molecule has 1 rings (SSSR count). The van der Waals surface area contributed by atoms with Crippen molar-refractivity contribution in [1.82, 2.24) is 4.98 Å². The van der Waals surface area contributed by atoms with Gasteiger partial charge in [-0.1, -0.05) is 6.92 Å². The van der Waals surface area contributed by atoms with Gasteiger partial charge in [0.2, 0.25) is 0 Å². The first-order valence-corrected chi connectivity index (χ1v) is 5.78. The molecule has 0 aromatic carbocycles. The highest BCUT2D eigenvalue weighted by Crippen LogP contribution is 2.24. The van der Waals surface area contributed by atoms with Crippen LogP contribution in [0, 0.1) is 0 Å². The number of aliphatic carboxylic acids is 1. The standard InChI is InChI=1S/C8H11BrN2O2S/c1-3-8(2,6(12)13)11-7-10-5(9)4-14-7/h4H,3H2,1-2H3,(H,10,11)(H,12,13). The van der Waals surface area contributed by atoms with Gasteiger partial charge in [0.05, 0.1) is 0 Å². The second-order valence-corrected chi connectivity index (χ2v) is 4.76. The predicted octanol–water partition coefficient (Wildman–Crippen LogP) is 2.57. The Balaban J connectivity index is 2.80. The zero-order chi connectivity index (χ0) is 10.8. The minimum absolute atomic E-state index is 0.500. The normalized spacial score (nSPS) is 14.8. The summed E-state index contributed by atoms with van der Waals surface area (Å²) in [6.45, 7) is 3.47. The van der Waals surface area contributed by atoms with E-state index in [1.807, 2.05) is 6.92 Å². The average Bonchev–Trinajstić information content (AvgIpc) is 2.50. The summed E-state index contributed by atoms with van der Waals surface area (Å²) in [5, 5.41) is 14.3. The Hall–Kier alpha value is -0.620. The number of anilines is 1. The Morgan fingerprint density at radius 2 is 2.50 bits per heavy atom. The van der Waals surface area contributed by atoms with Crippen LogP contribution in [0.25, 0.3) is 0 Å². The van der Waals surface area contributed by atoms with Crippen molar-refractivity contribution in [2.75, 3.05) is 5.32 Å². The summed E-state index contributed by atoms with van der Waals surface area (Å²) in [7, 11) is 0. The number of halogens is 1. The fourth-order valence-corrected chi connectivity index (χ4v) is 2.11. The van der Waals surface area contributed by atoms with E-state index in [1.165, 1.54) is 11.3 Å². The van der Waals surface area contributed by atoms with Crippen LogP contribution < -0.4 is 5.32 Å². The Labute approximate surface area is 94.5 Å². The summed E-state index contributed by atoms with van der Waals surface area (Å²) >= 11 is 4.59. The minimum atomic E-state index is -0.947. The molecule has 0 saturated heterocycles. The van der Waals surface area contributed by atoms with Crippen LogP contribution in [0.3, 0.4) is 0 Å². The molecule has 1 atom stereocenters. The van der Waals surface area contributed by atoms with Gasteiger partial charge in [-0.25, -0.2) is 9.78 Å². The lowest BCUT2D eigenvalue weighted by Crippen LogP contribution is -2.42. The number of carboxylic acids is 1. The fraction of sp³-hybridized carbons (Fsp3) is 0.500. The molecule has 0 saturated carbocycles. The van der Waals surface area contributed by atoms with Crippen LogP contribution in [0.4, 0.5) is 5.13 Å². The highest BCUT2D eigenvalue weighted by molar-refractivity contribution is 9.10. The molecule has 0 bridgehead atoms. The van der Waals surface area contributed by atoms with Gasteiger partial charge in [-0.05, 0) is 29.3 Å². The first-order valence-electron chi connectivity index (χ1n) is 4.10. The zero-order valence-corrected chi connectivity index (χ0v) is 10.3. The average molecular weight is 279 g/mol. The van der Waals surface area contributed by atoms with Crippen molar-refractivity contribution in [3.05, 3.63) is 9.98 Å². The Bertz CT molecular complexity index is 342. The highest BCUT2D eigenvalue weighted by atomic mass is 79.9. The maximum Gasteiger partial charge on any atom is 0.329 e. The van der Waals surface area contributed by atoms with E-state index < -0.39 is 11.5 Å². The molecule has 0 aliphatic carbocycles. The zero-order valence-electron chi connectivity index (χ0n) is 7.87. The lowest BCUT2D eigenvalue weighted by Gasteiger charge is -2.23. The molecule has 0 aliphatic heterocycles. The molecule has 1 aromatic rings. The summed E-state index contributed by atoms with van der Waals surface area (Å²) in [6.07, 6.45) is 0.500. The monoisotopic (exact) mass is 278 g/mol. The third kappa shape index (κ3) is 2.45. The van der Waals surface area contributed by atoms with E-state index in [0.29, 0.717) is 16.2 Å². The van der Waals surface area contributed by atoms with E-state index in [0.717, 1.165) is 0 Å². The Kier molecular flexibility index (Phi) is 3.49. The molecule has 6 heteroatoms. The van der Waals surface area contributed by atoms with E-state index in [2.05, 4.69) is 26.2 Å². The van der Waals surface area contributed by atoms with Crippen molar-refractivity contribution in [3.8, 4) is 0 Å². The second kappa shape index (κ2) is 4.27. The topological polar surface area (TPSA) is 62.2 Å². The van der Waals surface area contributed by atoms with Gasteiger partial charge < -0.3 is 10.4 Å². The molecule has 14 heavy (non-hydrogen) atoms. The van der Waals surface area contributed by atoms with E-state index in [4.69, 9.17) is 5.11 Å². The molecule has 0 amide bonds. The fourth-order valence-electron chi connectivity index (χ4n) is 0.841. The summed E-state index contributed by atoms with van der Waals surface area (Å²) in [5.41, 5.74) is -0.947. The molecule has 1 aromatic heterocycles. The van der Waals surface area contributed by atoms with Gasteiger partial charge in [-0.15, -0.1) is 11.3 Å². The summed E-state index contributed by atoms with van der Waals surface area (Å²) in [6, 6.07) is 0. The van der Waals surface area contributed by atoms with Gasteiger partial charge in [-0.3, -0.25) is 0 Å². The first kappa shape index (κ1) is 11.5. The number of aromatic nitrogens is 1. The van der Waals surface area contributed by atoms with Crippen molar-refractivity contribution >= 4 is 38.4 Å². The quantitative estimate of drug-likeness (QED) is 0.889. The minimum Gasteiger partial charge on any atom is -0.480 e. The van der Waals surface area contributed by atoms with Crippen LogP contribution in [-0.2, 0) is 4.79 Å². The number of carbonyl (C=O) groups is 1. The van der Waals surface area contributed by atoms with Gasteiger partial charge >= 0.3 is 5.97 Å². The van der Waals surface area contributed by atoms with Crippen LogP contribution >= 0.6 is 27.3 Å². The highest BCUT2D eigenvalue weighted by Gasteiger charge is 2.31. The maximum absolute atomic E-state index is 11.0. The molecule has 0 aliphatic rings. The van der Waals surface area contributed by atoms with Crippen molar-refractivity contribution in [2.24, 2.45) is 0 Å². The third-order valence-corrected chi connectivity index (χ3v) is 3.51. The van der Waals surface area contributed by atoms with Gasteiger partial charge in [0.15, 0.2) is 5.13 Å². The molecule has 78 valence electrons. The second-order valence-electron chi connectivity index (χ2n) is 3.09. The smallest absolute Gasteiger partial charge is 0.329 e. The maximum atomic E-state index is 11.0. The number of nitrogens with one attached hydrogen (secondary N) is 1. The lowest BCUT2D eigenvalue weighted by molar-refractivity contribution is -0.141. The van der Waals surface area contributed by atoms with Crippen molar-refractivity contribution in [3.63, 3.8) is 0 Å². The van der Waals surface area contributed by atoms with E-state index in [-0.39, 0.29) is 0 Å². The third-order valence-electron chi connectivity index (χ3n) is 2.04. The molecular weight excluding hydrogens is 268 g/mol. The van der Waals surface area contributed by atoms with E-state index in [1.54, 1.807) is 12.3 Å². The molecule has 0 fully saturated rings. The number of nitrogens with zero attached hydrogens (tertiary/aromatic N) is 1. The van der Waals surface area contributed by atoms with Crippen molar-refractivity contribution in [2.45, 2.75) is 25.8 Å². The van der Waals surface area contributed by atoms with Gasteiger partial charge in [0.1, 0.15) is 10.1 Å². The number of hydrogen-bond acceptors (Lipinski definition) is 4. The molecule has 4 nitrogen and oxygen atoms in total. The van der Waals surface area contributed by atoms with Crippen molar-refractivity contribution < 1.29 is 9.90 Å². The number of hydrogen-bond donors (Lipinski definition) is 2. The van der Waals surface area contributed by atoms with Crippen LogP contribution in [0.5, 0.6) is 0 Å². The largest absolute Gasteiger partial charge is 0.480 e. The SMILES string of the molecule is CCC(C)(Nc1nc(Br)cs1)C(=O)O. The molecule has 0 spiro atoms. The molecule has 0 radical (unpaired) electrons. The summed E-state index contributed by atoms with van der Waals surface area (Å²) < 4.78 is 0.717. The molecule has 2 N–H and O–H groups in total. The number of thiazole rings is 1. The summed E-state index contributed by atoms with van der Waals surface area (Å²) in [5.74, 6) is -0.869.